The van der Waals surface area contributed by atoms with Crippen LogP contribution in [0.1, 0.15) is 40.6 Å². The first-order valence-electron chi connectivity index (χ1n) is 10.9. The lowest BCUT2D eigenvalue weighted by molar-refractivity contribution is -0.115. The smallest absolute Gasteiger partial charge is 0.341 e. The normalized spacial score (nSPS) is 13.7. The predicted molar refractivity (Wildman–Crippen MR) is 134 cm³/mol. The van der Waals surface area contributed by atoms with Crippen LogP contribution in [-0.2, 0) is 33.7 Å². The van der Waals surface area contributed by atoms with E-state index in [0.29, 0.717) is 21.9 Å². The third-order valence-electron chi connectivity index (χ3n) is 5.45. The Morgan fingerprint density at radius 2 is 2.00 bits per heavy atom. The van der Waals surface area contributed by atoms with Gasteiger partial charge in [0, 0.05) is 11.4 Å². The number of aromatic nitrogens is 1. The molecule has 1 aliphatic carbocycles. The Balaban J connectivity index is 1.40. The topological polar surface area (TPSA) is 89.8 Å². The number of halogens is 1. The molecule has 2 amide bonds. The largest absolute Gasteiger partial charge is 0.465 e. The standard InChI is InChI=1S/C23H24FN3O4S3/c1-3-27-15-9-8-13(24)10-17(15)34-23(27)26-19(29)12-32-11-18(28)25-21-20(22(30)31-2)14-6-4-5-7-16(14)33-21/h8-10H,3-7,11-12H2,1-2H3,(H,25,28). The van der Waals surface area contributed by atoms with Gasteiger partial charge >= 0.3 is 5.97 Å². The number of thioether (sulfide) groups is 1. The fraction of sp³-hybridized carbons (Fsp3) is 0.391. The number of hydrogen-bond donors (Lipinski definition) is 1. The number of esters is 1. The fourth-order valence-electron chi connectivity index (χ4n) is 3.94. The Hall–Kier alpha value is -2.50. The zero-order valence-electron chi connectivity index (χ0n) is 18.8. The molecule has 1 N–H and O–H groups in total. The number of aryl methyl sites for hydroxylation is 2. The van der Waals surface area contributed by atoms with Crippen molar-refractivity contribution in [3.63, 3.8) is 0 Å². The first-order valence-corrected chi connectivity index (χ1v) is 13.7. The molecular formula is C23H24FN3O4S3. The SMILES string of the molecule is CCn1c(=NC(=O)CSCC(=O)Nc2sc3c(c2C(=O)OC)CCCC3)sc2cc(F)ccc21. The van der Waals surface area contributed by atoms with E-state index in [1.165, 1.54) is 41.9 Å². The van der Waals surface area contributed by atoms with Crippen LogP contribution in [0.5, 0.6) is 0 Å². The van der Waals surface area contributed by atoms with E-state index >= 15 is 0 Å². The van der Waals surface area contributed by atoms with Crippen molar-refractivity contribution in [2.75, 3.05) is 23.9 Å². The summed E-state index contributed by atoms with van der Waals surface area (Å²) >= 11 is 3.84. The number of thiazole rings is 1. The number of thiophene rings is 1. The summed E-state index contributed by atoms with van der Waals surface area (Å²) in [6.07, 6.45) is 3.77. The Morgan fingerprint density at radius 3 is 2.76 bits per heavy atom. The monoisotopic (exact) mass is 521 g/mol. The average Bonchev–Trinajstić information content (AvgIpc) is 3.34. The zero-order valence-corrected chi connectivity index (χ0v) is 21.3. The van der Waals surface area contributed by atoms with Crippen molar-refractivity contribution < 1.29 is 23.5 Å². The summed E-state index contributed by atoms with van der Waals surface area (Å²) < 4.78 is 21.0. The Kier molecular flexibility index (Phi) is 7.84. The van der Waals surface area contributed by atoms with Crippen molar-refractivity contribution in [2.24, 2.45) is 4.99 Å². The molecule has 2 heterocycles. The maximum absolute atomic E-state index is 13.5. The number of carbonyl (C=O) groups is 3. The fourth-order valence-corrected chi connectivity index (χ4v) is 6.97. The molecule has 0 bridgehead atoms. The highest BCUT2D eigenvalue weighted by atomic mass is 32.2. The summed E-state index contributed by atoms with van der Waals surface area (Å²) in [5.41, 5.74) is 2.26. The maximum atomic E-state index is 13.5. The molecule has 0 saturated carbocycles. The molecule has 1 aromatic carbocycles. The third-order valence-corrected chi connectivity index (χ3v) is 8.62. The average molecular weight is 522 g/mol. The molecule has 7 nitrogen and oxygen atoms in total. The second-order valence-corrected chi connectivity index (χ2v) is 10.8. The van der Waals surface area contributed by atoms with Crippen LogP contribution in [-0.4, -0.2) is 41.0 Å². The highest BCUT2D eigenvalue weighted by molar-refractivity contribution is 8.00. The minimum Gasteiger partial charge on any atom is -0.465 e. The minimum atomic E-state index is -0.441. The van der Waals surface area contributed by atoms with Gasteiger partial charge in [-0.3, -0.25) is 9.59 Å². The van der Waals surface area contributed by atoms with E-state index in [-0.39, 0.29) is 29.1 Å². The number of hydrogen-bond acceptors (Lipinski definition) is 7. The summed E-state index contributed by atoms with van der Waals surface area (Å²) in [4.78, 5) is 43.1. The van der Waals surface area contributed by atoms with E-state index in [1.54, 1.807) is 6.07 Å². The van der Waals surface area contributed by atoms with Crippen LogP contribution in [0, 0.1) is 5.82 Å². The van der Waals surface area contributed by atoms with Crippen LogP contribution in [0.25, 0.3) is 10.2 Å². The van der Waals surface area contributed by atoms with Crippen molar-refractivity contribution in [3.8, 4) is 0 Å². The quantitative estimate of drug-likeness (QED) is 0.466. The minimum absolute atomic E-state index is 0.0323. The summed E-state index contributed by atoms with van der Waals surface area (Å²) in [7, 11) is 1.33. The van der Waals surface area contributed by atoms with Crippen LogP contribution in [0.15, 0.2) is 23.2 Å². The summed E-state index contributed by atoms with van der Waals surface area (Å²) in [6, 6.07) is 4.49. The van der Waals surface area contributed by atoms with Crippen LogP contribution in [0.4, 0.5) is 9.39 Å². The van der Waals surface area contributed by atoms with Crippen molar-refractivity contribution in [2.45, 2.75) is 39.2 Å². The van der Waals surface area contributed by atoms with Crippen LogP contribution < -0.4 is 10.1 Å². The van der Waals surface area contributed by atoms with Crippen molar-refractivity contribution in [1.82, 2.24) is 4.57 Å². The van der Waals surface area contributed by atoms with Gasteiger partial charge < -0.3 is 14.6 Å². The van der Waals surface area contributed by atoms with Gasteiger partial charge in [-0.25, -0.2) is 9.18 Å². The van der Waals surface area contributed by atoms with Crippen LogP contribution in [0.3, 0.4) is 0 Å². The molecule has 0 radical (unpaired) electrons. The van der Waals surface area contributed by atoms with E-state index in [0.717, 1.165) is 58.1 Å². The third kappa shape index (κ3) is 5.26. The molecule has 34 heavy (non-hydrogen) atoms. The number of methoxy groups -OCH3 is 1. The number of benzene rings is 1. The summed E-state index contributed by atoms with van der Waals surface area (Å²) in [6.45, 7) is 2.53. The number of anilines is 1. The molecule has 4 rings (SSSR count). The van der Waals surface area contributed by atoms with Crippen molar-refractivity contribution in [1.29, 1.82) is 0 Å². The van der Waals surface area contributed by atoms with E-state index < -0.39 is 5.97 Å². The summed E-state index contributed by atoms with van der Waals surface area (Å²) in [5.74, 6) is -1.35. The van der Waals surface area contributed by atoms with Gasteiger partial charge in [0.2, 0.25) is 5.91 Å². The number of rotatable bonds is 7. The molecule has 2 aromatic heterocycles. The molecule has 0 atom stereocenters. The maximum Gasteiger partial charge on any atom is 0.341 e. The lowest BCUT2D eigenvalue weighted by Gasteiger charge is -2.11. The molecule has 1 aliphatic rings. The van der Waals surface area contributed by atoms with Gasteiger partial charge in [0.1, 0.15) is 10.8 Å². The molecule has 11 heteroatoms. The van der Waals surface area contributed by atoms with Gasteiger partial charge in [-0.05, 0) is 56.4 Å². The van der Waals surface area contributed by atoms with Crippen LogP contribution >= 0.6 is 34.4 Å². The van der Waals surface area contributed by atoms with Gasteiger partial charge in [0.25, 0.3) is 5.91 Å². The molecule has 0 unspecified atom stereocenters. The zero-order chi connectivity index (χ0) is 24.2. The number of fused-ring (bicyclic) bond motifs is 2. The molecule has 180 valence electrons. The number of nitrogens with one attached hydrogen (secondary N) is 1. The lowest BCUT2D eigenvalue weighted by atomic mass is 9.95. The van der Waals surface area contributed by atoms with Gasteiger partial charge in [-0.1, -0.05) is 11.3 Å². The van der Waals surface area contributed by atoms with E-state index in [2.05, 4.69) is 10.3 Å². The Labute approximate surface area is 208 Å². The van der Waals surface area contributed by atoms with Crippen molar-refractivity contribution >= 4 is 67.4 Å². The van der Waals surface area contributed by atoms with E-state index in [9.17, 15) is 18.8 Å². The first kappa shape index (κ1) is 24.6. The molecular weight excluding hydrogens is 497 g/mol. The Bertz CT molecular complexity index is 1320. The number of ether oxygens (including phenoxy) is 1. The first-order chi connectivity index (χ1) is 16.4. The highest BCUT2D eigenvalue weighted by Gasteiger charge is 2.26. The van der Waals surface area contributed by atoms with Gasteiger partial charge in [-0.15, -0.1) is 23.1 Å². The second-order valence-electron chi connectivity index (χ2n) is 7.69. The number of amides is 2. The van der Waals surface area contributed by atoms with Gasteiger partial charge in [0.05, 0.1) is 34.4 Å². The van der Waals surface area contributed by atoms with Gasteiger partial charge in [0.15, 0.2) is 4.80 Å². The molecule has 0 saturated heterocycles. The van der Waals surface area contributed by atoms with E-state index in [1.807, 2.05) is 11.5 Å². The lowest BCUT2D eigenvalue weighted by Crippen LogP contribution is -2.18. The molecule has 0 fully saturated rings. The van der Waals surface area contributed by atoms with Crippen molar-refractivity contribution in [3.05, 3.63) is 44.8 Å². The van der Waals surface area contributed by atoms with Crippen LogP contribution in [0.2, 0.25) is 0 Å². The van der Waals surface area contributed by atoms with E-state index in [4.69, 9.17) is 4.74 Å². The predicted octanol–water partition coefficient (Wildman–Crippen LogP) is 4.39. The second kappa shape index (κ2) is 10.8. The molecule has 3 aromatic rings. The molecule has 0 aliphatic heterocycles. The highest BCUT2D eigenvalue weighted by Crippen LogP contribution is 2.38. The number of nitrogens with zero attached hydrogens (tertiary/aromatic N) is 2. The molecule has 0 spiro atoms. The van der Waals surface area contributed by atoms with Gasteiger partial charge in [-0.2, -0.15) is 4.99 Å². The number of carbonyl (C=O) groups excluding carboxylic acids is 3. The Morgan fingerprint density at radius 1 is 1.21 bits per heavy atom. The summed E-state index contributed by atoms with van der Waals surface area (Å²) in [5, 5.41) is 3.34.